The number of nitrogens with zero attached hydrogens (tertiary/aromatic N) is 1. The summed E-state index contributed by atoms with van der Waals surface area (Å²) in [5.41, 5.74) is 0.989. The first kappa shape index (κ1) is 11.9. The Hall–Kier alpha value is -1.62. The van der Waals surface area contributed by atoms with Crippen molar-refractivity contribution < 1.29 is 9.53 Å². The van der Waals surface area contributed by atoms with Crippen LogP contribution in [0, 0.1) is 0 Å². The van der Waals surface area contributed by atoms with Crippen molar-refractivity contribution in [3.8, 4) is 5.88 Å². The van der Waals surface area contributed by atoms with Crippen molar-refractivity contribution in [2.24, 2.45) is 0 Å². The van der Waals surface area contributed by atoms with Gasteiger partial charge in [0.25, 0.3) is 0 Å². The topological polar surface area (TPSA) is 63.2 Å². The van der Waals surface area contributed by atoms with Crippen molar-refractivity contribution in [2.75, 3.05) is 13.7 Å². The van der Waals surface area contributed by atoms with Crippen LogP contribution >= 0.6 is 0 Å². The Bertz CT molecular complexity index is 389. The van der Waals surface area contributed by atoms with Crippen LogP contribution < -0.4 is 15.4 Å². The minimum atomic E-state index is -0.0290. The molecule has 1 aliphatic rings. The third kappa shape index (κ3) is 3.17. The van der Waals surface area contributed by atoms with Gasteiger partial charge in [-0.15, -0.1) is 0 Å². The van der Waals surface area contributed by atoms with Crippen molar-refractivity contribution in [1.82, 2.24) is 15.6 Å². The highest BCUT2D eigenvalue weighted by atomic mass is 16.5. The number of hydrogen-bond donors (Lipinski definition) is 2. The van der Waals surface area contributed by atoms with E-state index < -0.39 is 0 Å². The van der Waals surface area contributed by atoms with Crippen LogP contribution in [0.3, 0.4) is 0 Å². The standard InChI is InChI=1S/C12H17N3O2/c1-17-11-7-9(4-6-14-11)8-15-12(16)10-3-2-5-13-10/h4,6-7,10,13H,2-3,5,8H2,1H3,(H,15,16). The average Bonchev–Trinajstić information content (AvgIpc) is 2.90. The first-order valence-electron chi connectivity index (χ1n) is 5.79. The normalized spacial score (nSPS) is 19.0. The van der Waals surface area contributed by atoms with Crippen LogP contribution in [0.1, 0.15) is 18.4 Å². The zero-order valence-corrected chi connectivity index (χ0v) is 9.90. The lowest BCUT2D eigenvalue weighted by atomic mass is 10.2. The van der Waals surface area contributed by atoms with Gasteiger partial charge in [-0.2, -0.15) is 0 Å². The summed E-state index contributed by atoms with van der Waals surface area (Å²) in [6, 6.07) is 3.66. The van der Waals surface area contributed by atoms with E-state index in [9.17, 15) is 4.79 Å². The average molecular weight is 235 g/mol. The van der Waals surface area contributed by atoms with E-state index >= 15 is 0 Å². The number of ether oxygens (including phenoxy) is 1. The largest absolute Gasteiger partial charge is 0.481 e. The van der Waals surface area contributed by atoms with Gasteiger partial charge in [0.15, 0.2) is 0 Å². The highest BCUT2D eigenvalue weighted by molar-refractivity contribution is 5.81. The number of amides is 1. The maximum Gasteiger partial charge on any atom is 0.237 e. The van der Waals surface area contributed by atoms with Gasteiger partial charge in [0, 0.05) is 18.8 Å². The molecule has 5 nitrogen and oxygen atoms in total. The summed E-state index contributed by atoms with van der Waals surface area (Å²) in [6.07, 6.45) is 3.67. The predicted molar refractivity (Wildman–Crippen MR) is 63.7 cm³/mol. The third-order valence-corrected chi connectivity index (χ3v) is 2.85. The van der Waals surface area contributed by atoms with Crippen LogP contribution in [0.5, 0.6) is 5.88 Å². The molecule has 17 heavy (non-hydrogen) atoms. The van der Waals surface area contributed by atoms with Crippen LogP contribution in [-0.2, 0) is 11.3 Å². The molecule has 1 aromatic rings. The molecule has 1 aliphatic heterocycles. The predicted octanol–water partition coefficient (Wildman–Crippen LogP) is 0.458. The molecule has 5 heteroatoms. The Morgan fingerprint density at radius 2 is 2.59 bits per heavy atom. The molecule has 0 spiro atoms. The van der Waals surface area contributed by atoms with Gasteiger partial charge in [0.2, 0.25) is 11.8 Å². The van der Waals surface area contributed by atoms with Crippen molar-refractivity contribution in [3.05, 3.63) is 23.9 Å². The summed E-state index contributed by atoms with van der Waals surface area (Å²) in [7, 11) is 1.58. The highest BCUT2D eigenvalue weighted by Crippen LogP contribution is 2.09. The molecule has 0 bridgehead atoms. The van der Waals surface area contributed by atoms with Gasteiger partial charge in [0.1, 0.15) is 0 Å². The lowest BCUT2D eigenvalue weighted by molar-refractivity contribution is -0.122. The summed E-state index contributed by atoms with van der Waals surface area (Å²) in [5, 5.41) is 6.07. The van der Waals surface area contributed by atoms with Crippen LogP contribution in [0.2, 0.25) is 0 Å². The second-order valence-electron chi connectivity index (χ2n) is 4.07. The molecule has 0 saturated carbocycles. The molecule has 0 radical (unpaired) electrons. The van der Waals surface area contributed by atoms with Gasteiger partial charge in [0.05, 0.1) is 13.2 Å². The van der Waals surface area contributed by atoms with Crippen molar-refractivity contribution in [2.45, 2.75) is 25.4 Å². The SMILES string of the molecule is COc1cc(CNC(=O)C2CCCN2)ccn1. The van der Waals surface area contributed by atoms with Gasteiger partial charge in [-0.3, -0.25) is 4.79 Å². The molecule has 0 aliphatic carbocycles. The molecule has 2 N–H and O–H groups in total. The molecule has 92 valence electrons. The number of pyridine rings is 1. The van der Waals surface area contributed by atoms with Gasteiger partial charge >= 0.3 is 0 Å². The summed E-state index contributed by atoms with van der Waals surface area (Å²) < 4.78 is 5.03. The zero-order valence-electron chi connectivity index (χ0n) is 9.90. The molecular formula is C12H17N3O2. The molecule has 2 heterocycles. The number of aromatic nitrogens is 1. The Balaban J connectivity index is 1.86. The number of nitrogens with one attached hydrogen (secondary N) is 2. The fourth-order valence-electron chi connectivity index (χ4n) is 1.89. The highest BCUT2D eigenvalue weighted by Gasteiger charge is 2.21. The van der Waals surface area contributed by atoms with E-state index in [1.165, 1.54) is 0 Å². The van der Waals surface area contributed by atoms with E-state index in [1.807, 2.05) is 12.1 Å². The van der Waals surface area contributed by atoms with Crippen LogP contribution in [0.15, 0.2) is 18.3 Å². The Kier molecular flexibility index (Phi) is 3.93. The number of carbonyl (C=O) groups excluding carboxylic acids is 1. The molecule has 2 rings (SSSR count). The fraction of sp³-hybridized carbons (Fsp3) is 0.500. The smallest absolute Gasteiger partial charge is 0.237 e. The Morgan fingerprint density at radius 1 is 1.71 bits per heavy atom. The van der Waals surface area contributed by atoms with Gasteiger partial charge in [-0.1, -0.05) is 0 Å². The summed E-state index contributed by atoms with van der Waals surface area (Å²) in [4.78, 5) is 15.8. The quantitative estimate of drug-likeness (QED) is 0.795. The van der Waals surface area contributed by atoms with E-state index in [0.29, 0.717) is 12.4 Å². The zero-order chi connectivity index (χ0) is 12.1. The maximum atomic E-state index is 11.8. The van der Waals surface area contributed by atoms with E-state index in [2.05, 4.69) is 15.6 Å². The van der Waals surface area contributed by atoms with Gasteiger partial charge in [-0.25, -0.2) is 4.98 Å². The van der Waals surface area contributed by atoms with Gasteiger partial charge in [-0.05, 0) is 31.0 Å². The molecule has 0 aromatic carbocycles. The molecule has 1 unspecified atom stereocenters. The van der Waals surface area contributed by atoms with E-state index in [1.54, 1.807) is 13.3 Å². The van der Waals surface area contributed by atoms with Crippen molar-refractivity contribution in [3.63, 3.8) is 0 Å². The first-order valence-corrected chi connectivity index (χ1v) is 5.79. The first-order chi connectivity index (χ1) is 8.29. The molecule has 1 amide bonds. The van der Waals surface area contributed by atoms with Crippen molar-refractivity contribution >= 4 is 5.91 Å². The Labute approximate surface area is 101 Å². The number of carbonyl (C=O) groups is 1. The monoisotopic (exact) mass is 235 g/mol. The number of rotatable bonds is 4. The van der Waals surface area contributed by atoms with Crippen LogP contribution in [-0.4, -0.2) is 30.6 Å². The maximum absolute atomic E-state index is 11.8. The molecular weight excluding hydrogens is 218 g/mol. The Morgan fingerprint density at radius 3 is 3.29 bits per heavy atom. The second kappa shape index (κ2) is 5.63. The fourth-order valence-corrected chi connectivity index (χ4v) is 1.89. The van der Waals surface area contributed by atoms with Gasteiger partial charge < -0.3 is 15.4 Å². The van der Waals surface area contributed by atoms with Crippen LogP contribution in [0.25, 0.3) is 0 Å². The summed E-state index contributed by atoms with van der Waals surface area (Å²) in [6.45, 7) is 1.44. The minimum Gasteiger partial charge on any atom is -0.481 e. The van der Waals surface area contributed by atoms with Crippen molar-refractivity contribution in [1.29, 1.82) is 0 Å². The minimum absolute atomic E-state index is 0.0290. The van der Waals surface area contributed by atoms with Crippen LogP contribution in [0.4, 0.5) is 0 Å². The third-order valence-electron chi connectivity index (χ3n) is 2.85. The second-order valence-corrected chi connectivity index (χ2v) is 4.07. The number of hydrogen-bond acceptors (Lipinski definition) is 4. The van der Waals surface area contributed by atoms with E-state index in [4.69, 9.17) is 4.74 Å². The lowest BCUT2D eigenvalue weighted by Crippen LogP contribution is -2.39. The summed E-state index contributed by atoms with van der Waals surface area (Å²) in [5.74, 6) is 0.633. The van der Waals surface area contributed by atoms with E-state index in [-0.39, 0.29) is 11.9 Å². The molecule has 1 atom stereocenters. The van der Waals surface area contributed by atoms with E-state index in [0.717, 1.165) is 24.9 Å². The summed E-state index contributed by atoms with van der Waals surface area (Å²) >= 11 is 0. The molecule has 1 aromatic heterocycles. The molecule has 1 fully saturated rings. The lowest BCUT2D eigenvalue weighted by Gasteiger charge is -2.11. The number of methoxy groups -OCH3 is 1. The molecule has 1 saturated heterocycles.